The van der Waals surface area contributed by atoms with Crippen LogP contribution >= 0.6 is 0 Å². The fourth-order valence-corrected chi connectivity index (χ4v) is 1.87. The fraction of sp³-hybridized carbons (Fsp3) is 0.294. The molecule has 3 heteroatoms. The van der Waals surface area contributed by atoms with Gasteiger partial charge in [0.25, 0.3) is 0 Å². The third-order valence-electron chi connectivity index (χ3n) is 3.23. The van der Waals surface area contributed by atoms with Gasteiger partial charge >= 0.3 is 5.97 Å². The van der Waals surface area contributed by atoms with Gasteiger partial charge in [-0.15, -0.1) is 0 Å². The van der Waals surface area contributed by atoms with Crippen LogP contribution in [-0.2, 0) is 11.3 Å². The molecule has 0 saturated heterocycles. The molecule has 1 heterocycles. The first-order valence-electron chi connectivity index (χ1n) is 6.75. The molecule has 0 radical (unpaired) electrons. The number of carbonyl (C=O) groups is 1. The summed E-state index contributed by atoms with van der Waals surface area (Å²) >= 11 is 0. The number of ether oxygens (including phenoxy) is 1. The van der Waals surface area contributed by atoms with Crippen molar-refractivity contribution in [2.45, 2.75) is 33.3 Å². The Morgan fingerprint density at radius 3 is 2.55 bits per heavy atom. The summed E-state index contributed by atoms with van der Waals surface area (Å²) in [5.41, 5.74) is 3.60. The van der Waals surface area contributed by atoms with Crippen molar-refractivity contribution in [3.05, 3.63) is 65.0 Å². The Hall–Kier alpha value is -2.16. The first-order chi connectivity index (χ1) is 9.58. The lowest BCUT2D eigenvalue weighted by atomic mass is 10.1. The van der Waals surface area contributed by atoms with Crippen LogP contribution in [0.15, 0.2) is 42.6 Å². The molecule has 104 valence electrons. The highest BCUT2D eigenvalue weighted by atomic mass is 16.5. The van der Waals surface area contributed by atoms with E-state index in [1.165, 1.54) is 0 Å². The number of rotatable bonds is 4. The minimum Gasteiger partial charge on any atom is -0.457 e. The van der Waals surface area contributed by atoms with Crippen molar-refractivity contribution in [1.82, 2.24) is 4.98 Å². The highest BCUT2D eigenvalue weighted by molar-refractivity contribution is 5.88. The summed E-state index contributed by atoms with van der Waals surface area (Å²) in [7, 11) is 0. The van der Waals surface area contributed by atoms with E-state index in [9.17, 15) is 4.79 Å². The molecule has 0 aliphatic carbocycles. The molecule has 3 nitrogen and oxygen atoms in total. The fourth-order valence-electron chi connectivity index (χ4n) is 1.87. The summed E-state index contributed by atoms with van der Waals surface area (Å²) in [6.45, 7) is 6.43. The highest BCUT2D eigenvalue weighted by Gasteiger charge is 2.09. The molecule has 2 aromatic rings. The molecule has 2 rings (SSSR count). The number of pyridine rings is 1. The number of aryl methyl sites for hydroxylation is 1. The van der Waals surface area contributed by atoms with E-state index in [0.29, 0.717) is 11.5 Å². The van der Waals surface area contributed by atoms with Crippen LogP contribution in [0.2, 0.25) is 0 Å². The molecule has 0 atom stereocenters. The lowest BCUT2D eigenvalue weighted by Gasteiger charge is -2.08. The first kappa shape index (κ1) is 14.3. The predicted octanol–water partition coefficient (Wildman–Crippen LogP) is 3.87. The Kier molecular flexibility index (Phi) is 4.51. The minimum atomic E-state index is -0.337. The maximum atomic E-state index is 11.9. The van der Waals surface area contributed by atoms with Crippen molar-refractivity contribution in [3.63, 3.8) is 0 Å². The van der Waals surface area contributed by atoms with Gasteiger partial charge in [0.15, 0.2) is 0 Å². The first-order valence-corrected chi connectivity index (χ1v) is 6.75. The lowest BCUT2D eigenvalue weighted by molar-refractivity contribution is 0.0471. The third-order valence-corrected chi connectivity index (χ3v) is 3.23. The summed E-state index contributed by atoms with van der Waals surface area (Å²) in [5, 5.41) is 0. The van der Waals surface area contributed by atoms with E-state index in [4.69, 9.17) is 4.74 Å². The van der Waals surface area contributed by atoms with Crippen LogP contribution in [0.4, 0.5) is 0 Å². The monoisotopic (exact) mass is 269 g/mol. The number of esters is 1. The van der Waals surface area contributed by atoms with Crippen molar-refractivity contribution in [2.75, 3.05) is 0 Å². The number of aromatic nitrogens is 1. The number of nitrogens with zero attached hydrogens (tertiary/aromatic N) is 1. The number of carbonyl (C=O) groups excluding carboxylic acids is 1. The predicted molar refractivity (Wildman–Crippen MR) is 78.6 cm³/mol. The van der Waals surface area contributed by atoms with Gasteiger partial charge in [0.05, 0.1) is 5.56 Å². The van der Waals surface area contributed by atoms with Crippen molar-refractivity contribution >= 4 is 5.97 Å². The molecule has 20 heavy (non-hydrogen) atoms. The Balaban J connectivity index is 2.00. The van der Waals surface area contributed by atoms with E-state index >= 15 is 0 Å². The molecule has 0 aliphatic rings. The van der Waals surface area contributed by atoms with Crippen LogP contribution in [0.1, 0.15) is 46.9 Å². The lowest BCUT2D eigenvalue weighted by Crippen LogP contribution is -2.07. The molecule has 0 fully saturated rings. The Bertz CT molecular complexity index is 588. The van der Waals surface area contributed by atoms with Crippen LogP contribution in [-0.4, -0.2) is 11.0 Å². The van der Waals surface area contributed by atoms with E-state index in [0.717, 1.165) is 16.8 Å². The summed E-state index contributed by atoms with van der Waals surface area (Å²) in [4.78, 5) is 16.2. The second-order valence-corrected chi connectivity index (χ2v) is 5.13. The average molecular weight is 269 g/mol. The van der Waals surface area contributed by atoms with Gasteiger partial charge in [-0.2, -0.15) is 0 Å². The SMILES string of the molecule is Cc1ccccc1COC(=O)c1ccc(C(C)C)nc1. The highest BCUT2D eigenvalue weighted by Crippen LogP contribution is 2.13. The minimum absolute atomic E-state index is 0.289. The molecule has 1 aromatic heterocycles. The normalized spacial score (nSPS) is 10.6. The maximum Gasteiger partial charge on any atom is 0.340 e. The van der Waals surface area contributed by atoms with Crippen molar-refractivity contribution in [3.8, 4) is 0 Å². The van der Waals surface area contributed by atoms with Gasteiger partial charge in [-0.3, -0.25) is 4.98 Å². The van der Waals surface area contributed by atoms with Crippen molar-refractivity contribution < 1.29 is 9.53 Å². The number of benzene rings is 1. The second kappa shape index (κ2) is 6.33. The molecule has 0 bridgehead atoms. The van der Waals surface area contributed by atoms with E-state index in [1.807, 2.05) is 37.3 Å². The molecule has 0 aliphatic heterocycles. The topological polar surface area (TPSA) is 39.2 Å². The van der Waals surface area contributed by atoms with Gasteiger partial charge in [0.1, 0.15) is 6.61 Å². The van der Waals surface area contributed by atoms with E-state index in [1.54, 1.807) is 12.3 Å². The second-order valence-electron chi connectivity index (χ2n) is 5.13. The standard InChI is InChI=1S/C17H19NO2/c1-12(2)16-9-8-14(10-18-16)17(19)20-11-15-7-5-4-6-13(15)3/h4-10,12H,11H2,1-3H3. The van der Waals surface area contributed by atoms with Crippen LogP contribution in [0, 0.1) is 6.92 Å². The zero-order valence-corrected chi connectivity index (χ0v) is 12.1. The average Bonchev–Trinajstić information content (AvgIpc) is 2.46. The zero-order valence-electron chi connectivity index (χ0n) is 12.1. The summed E-state index contributed by atoms with van der Waals surface area (Å²) < 4.78 is 5.32. The summed E-state index contributed by atoms with van der Waals surface area (Å²) in [6.07, 6.45) is 1.58. The molecule has 0 amide bonds. The van der Waals surface area contributed by atoms with Gasteiger partial charge in [0.2, 0.25) is 0 Å². The number of hydrogen-bond donors (Lipinski definition) is 0. The Morgan fingerprint density at radius 2 is 1.95 bits per heavy atom. The maximum absolute atomic E-state index is 11.9. The van der Waals surface area contributed by atoms with E-state index in [2.05, 4.69) is 18.8 Å². The summed E-state index contributed by atoms with van der Waals surface area (Å²) in [5.74, 6) is 0.0168. The van der Waals surface area contributed by atoms with Crippen molar-refractivity contribution in [2.24, 2.45) is 0 Å². The van der Waals surface area contributed by atoms with Crippen LogP contribution in [0.3, 0.4) is 0 Å². The Morgan fingerprint density at radius 1 is 1.20 bits per heavy atom. The zero-order chi connectivity index (χ0) is 14.5. The van der Waals surface area contributed by atoms with Crippen LogP contribution < -0.4 is 0 Å². The van der Waals surface area contributed by atoms with E-state index in [-0.39, 0.29) is 12.6 Å². The largest absolute Gasteiger partial charge is 0.457 e. The Labute approximate surface area is 119 Å². The van der Waals surface area contributed by atoms with Gasteiger partial charge in [-0.05, 0) is 36.1 Å². The third kappa shape index (κ3) is 3.44. The van der Waals surface area contributed by atoms with Crippen molar-refractivity contribution in [1.29, 1.82) is 0 Å². The van der Waals surface area contributed by atoms with Crippen LogP contribution in [0.25, 0.3) is 0 Å². The molecular formula is C17H19NO2. The quantitative estimate of drug-likeness (QED) is 0.791. The van der Waals surface area contributed by atoms with Gasteiger partial charge in [-0.1, -0.05) is 38.1 Å². The van der Waals surface area contributed by atoms with E-state index < -0.39 is 0 Å². The molecule has 1 aromatic carbocycles. The molecule has 0 unspecified atom stereocenters. The van der Waals surface area contributed by atoms with Crippen LogP contribution in [0.5, 0.6) is 0 Å². The van der Waals surface area contributed by atoms with Gasteiger partial charge in [0, 0.05) is 11.9 Å². The number of hydrogen-bond acceptors (Lipinski definition) is 3. The van der Waals surface area contributed by atoms with Gasteiger partial charge < -0.3 is 4.74 Å². The molecular weight excluding hydrogens is 250 g/mol. The molecule has 0 saturated carbocycles. The molecule has 0 spiro atoms. The summed E-state index contributed by atoms with van der Waals surface area (Å²) in [6, 6.07) is 11.5. The molecule has 0 N–H and O–H groups in total. The smallest absolute Gasteiger partial charge is 0.340 e. The van der Waals surface area contributed by atoms with Gasteiger partial charge in [-0.25, -0.2) is 4.79 Å².